The molecule has 0 amide bonds. The molecule has 16 heavy (non-hydrogen) atoms. The summed E-state index contributed by atoms with van der Waals surface area (Å²) >= 11 is 0. The van der Waals surface area contributed by atoms with Crippen LogP contribution in [-0.4, -0.2) is 60.3 Å². The number of nitrogens with zero attached hydrogens (tertiary/aromatic N) is 1. The Labute approximate surface area is 95.5 Å². The zero-order valence-corrected chi connectivity index (χ0v) is 9.42. The molecule has 5 heteroatoms. The SMILES string of the molecule is N[C@H]1[C@H](O)[C@@H](N2CCCCC2)[C@@H]2OC[C@H]1O2. The van der Waals surface area contributed by atoms with E-state index < -0.39 is 6.10 Å². The van der Waals surface area contributed by atoms with Gasteiger partial charge in [-0.25, -0.2) is 0 Å². The van der Waals surface area contributed by atoms with Crippen molar-refractivity contribution < 1.29 is 14.6 Å². The number of nitrogens with two attached hydrogens (primary N) is 1. The van der Waals surface area contributed by atoms with Gasteiger partial charge in [0.25, 0.3) is 0 Å². The minimum absolute atomic E-state index is 0.0750. The van der Waals surface area contributed by atoms with Crippen LogP contribution in [0.3, 0.4) is 0 Å². The van der Waals surface area contributed by atoms with Gasteiger partial charge in [-0.2, -0.15) is 0 Å². The fourth-order valence-electron chi connectivity index (χ4n) is 3.03. The minimum Gasteiger partial charge on any atom is -0.390 e. The third-order valence-corrected chi connectivity index (χ3v) is 4.00. The van der Waals surface area contributed by atoms with Crippen LogP contribution >= 0.6 is 0 Å². The Morgan fingerprint density at radius 2 is 1.94 bits per heavy atom. The molecule has 2 bridgehead atoms. The molecule has 3 rings (SSSR count). The zero-order valence-electron chi connectivity index (χ0n) is 9.42. The highest BCUT2D eigenvalue weighted by Gasteiger charge is 2.50. The van der Waals surface area contributed by atoms with Gasteiger partial charge in [0.15, 0.2) is 6.29 Å². The van der Waals surface area contributed by atoms with E-state index in [2.05, 4.69) is 4.90 Å². The average molecular weight is 228 g/mol. The number of ether oxygens (including phenoxy) is 2. The molecule has 3 aliphatic rings. The second kappa shape index (κ2) is 4.23. The number of likely N-dealkylation sites (tertiary alicyclic amines) is 1. The number of fused-ring (bicyclic) bond motifs is 2. The van der Waals surface area contributed by atoms with E-state index >= 15 is 0 Å². The first-order valence-corrected chi connectivity index (χ1v) is 6.22. The molecule has 3 heterocycles. The third kappa shape index (κ3) is 1.67. The second-order valence-corrected chi connectivity index (χ2v) is 5.03. The number of aliphatic hydroxyl groups excluding tert-OH is 1. The maximum atomic E-state index is 10.2. The lowest BCUT2D eigenvalue weighted by molar-refractivity contribution is -0.180. The standard InChI is InChI=1S/C11H20N2O3/c12-8-7-6-15-11(16-7)9(10(8)14)13-4-2-1-3-5-13/h7-11,14H,1-6,12H2/t7-,8-,9-,10+,11-/m1/s1. The Hall–Kier alpha value is -0.200. The molecule has 5 nitrogen and oxygen atoms in total. The van der Waals surface area contributed by atoms with E-state index in [9.17, 15) is 5.11 Å². The summed E-state index contributed by atoms with van der Waals surface area (Å²) in [5, 5.41) is 10.2. The molecule has 0 saturated carbocycles. The van der Waals surface area contributed by atoms with Gasteiger partial charge in [-0.3, -0.25) is 4.90 Å². The normalized spacial score (nSPS) is 49.5. The van der Waals surface area contributed by atoms with Crippen LogP contribution in [0.5, 0.6) is 0 Å². The minimum atomic E-state index is -0.524. The van der Waals surface area contributed by atoms with E-state index in [4.69, 9.17) is 15.2 Å². The van der Waals surface area contributed by atoms with Gasteiger partial charge < -0.3 is 20.3 Å². The molecule has 0 aliphatic carbocycles. The van der Waals surface area contributed by atoms with Crippen LogP contribution < -0.4 is 5.73 Å². The van der Waals surface area contributed by atoms with Crippen molar-refractivity contribution in [3.05, 3.63) is 0 Å². The summed E-state index contributed by atoms with van der Waals surface area (Å²) < 4.78 is 11.3. The molecular formula is C11H20N2O3. The smallest absolute Gasteiger partial charge is 0.176 e. The summed E-state index contributed by atoms with van der Waals surface area (Å²) in [5.74, 6) is 0. The Kier molecular flexibility index (Phi) is 2.89. The van der Waals surface area contributed by atoms with E-state index in [1.165, 1.54) is 19.3 Å². The molecule has 0 aromatic carbocycles. The topological polar surface area (TPSA) is 68.0 Å². The first-order valence-electron chi connectivity index (χ1n) is 6.22. The summed E-state index contributed by atoms with van der Waals surface area (Å²) in [6, 6.07) is -0.389. The van der Waals surface area contributed by atoms with Crippen molar-refractivity contribution in [1.29, 1.82) is 0 Å². The Morgan fingerprint density at radius 3 is 2.69 bits per heavy atom. The Balaban J connectivity index is 1.76. The molecule has 0 spiro atoms. The molecule has 0 unspecified atom stereocenters. The van der Waals surface area contributed by atoms with E-state index in [0.29, 0.717) is 6.61 Å². The highest BCUT2D eigenvalue weighted by atomic mass is 16.7. The van der Waals surface area contributed by atoms with Crippen molar-refractivity contribution in [1.82, 2.24) is 4.90 Å². The van der Waals surface area contributed by atoms with E-state index in [-0.39, 0.29) is 24.5 Å². The van der Waals surface area contributed by atoms with E-state index in [1.54, 1.807) is 0 Å². The molecule has 0 aromatic heterocycles. The average Bonchev–Trinajstić information content (AvgIpc) is 2.74. The molecule has 3 aliphatic heterocycles. The van der Waals surface area contributed by atoms with E-state index in [1.807, 2.05) is 0 Å². The molecule has 0 radical (unpaired) electrons. The maximum absolute atomic E-state index is 10.2. The lowest BCUT2D eigenvalue weighted by Crippen LogP contribution is -2.63. The van der Waals surface area contributed by atoms with Crippen molar-refractivity contribution >= 4 is 0 Å². The van der Waals surface area contributed by atoms with Gasteiger partial charge in [0, 0.05) is 0 Å². The molecule has 0 aromatic rings. The molecule has 5 atom stereocenters. The van der Waals surface area contributed by atoms with Crippen LogP contribution in [0.4, 0.5) is 0 Å². The predicted octanol–water partition coefficient (Wildman–Crippen LogP) is -0.716. The van der Waals surface area contributed by atoms with Crippen LogP contribution in [0, 0.1) is 0 Å². The zero-order chi connectivity index (χ0) is 11.1. The fourth-order valence-corrected chi connectivity index (χ4v) is 3.03. The summed E-state index contributed by atoms with van der Waals surface area (Å²) in [5.41, 5.74) is 5.98. The summed E-state index contributed by atoms with van der Waals surface area (Å²) in [4.78, 5) is 2.28. The second-order valence-electron chi connectivity index (χ2n) is 5.03. The molecule has 3 N–H and O–H groups in total. The number of rotatable bonds is 1. The van der Waals surface area contributed by atoms with Crippen molar-refractivity contribution in [2.75, 3.05) is 19.7 Å². The van der Waals surface area contributed by atoms with Gasteiger partial charge in [0.1, 0.15) is 6.10 Å². The quantitative estimate of drug-likeness (QED) is 0.620. The first kappa shape index (κ1) is 10.9. The molecule has 92 valence electrons. The number of hydrogen-bond acceptors (Lipinski definition) is 5. The third-order valence-electron chi connectivity index (χ3n) is 4.00. The van der Waals surface area contributed by atoms with Crippen molar-refractivity contribution in [2.24, 2.45) is 5.73 Å². The highest BCUT2D eigenvalue weighted by molar-refractivity contribution is 5.00. The molecular weight excluding hydrogens is 208 g/mol. The lowest BCUT2D eigenvalue weighted by atomic mass is 9.94. The van der Waals surface area contributed by atoms with Gasteiger partial charge >= 0.3 is 0 Å². The number of piperidine rings is 1. The molecule has 3 fully saturated rings. The van der Waals surface area contributed by atoms with Crippen LogP contribution in [-0.2, 0) is 9.47 Å². The number of aliphatic hydroxyl groups is 1. The van der Waals surface area contributed by atoms with Gasteiger partial charge in [0.05, 0.1) is 24.8 Å². The van der Waals surface area contributed by atoms with Gasteiger partial charge in [-0.1, -0.05) is 6.42 Å². The van der Waals surface area contributed by atoms with Gasteiger partial charge in [0.2, 0.25) is 0 Å². The highest BCUT2D eigenvalue weighted by Crippen LogP contribution is 2.31. The summed E-state index contributed by atoms with van der Waals surface area (Å²) in [6.07, 6.45) is 2.73. The van der Waals surface area contributed by atoms with Crippen LogP contribution in [0.25, 0.3) is 0 Å². The molecule has 3 saturated heterocycles. The van der Waals surface area contributed by atoms with Gasteiger partial charge in [-0.05, 0) is 25.9 Å². The monoisotopic (exact) mass is 228 g/mol. The first-order chi connectivity index (χ1) is 7.77. The maximum Gasteiger partial charge on any atom is 0.176 e. The number of hydrogen-bond donors (Lipinski definition) is 2. The fraction of sp³-hybridized carbons (Fsp3) is 1.00. The van der Waals surface area contributed by atoms with Crippen LogP contribution in [0.2, 0.25) is 0 Å². The van der Waals surface area contributed by atoms with Crippen molar-refractivity contribution in [3.8, 4) is 0 Å². The Morgan fingerprint density at radius 1 is 1.19 bits per heavy atom. The lowest BCUT2D eigenvalue weighted by Gasteiger charge is -2.44. The summed E-state index contributed by atoms with van der Waals surface area (Å²) in [7, 11) is 0. The van der Waals surface area contributed by atoms with Crippen molar-refractivity contribution in [3.63, 3.8) is 0 Å². The van der Waals surface area contributed by atoms with Crippen LogP contribution in [0.15, 0.2) is 0 Å². The van der Waals surface area contributed by atoms with Crippen LogP contribution in [0.1, 0.15) is 19.3 Å². The summed E-state index contributed by atoms with van der Waals surface area (Å²) in [6.45, 7) is 2.55. The predicted molar refractivity (Wildman–Crippen MR) is 57.8 cm³/mol. The Bertz CT molecular complexity index is 258. The van der Waals surface area contributed by atoms with Gasteiger partial charge in [-0.15, -0.1) is 0 Å². The van der Waals surface area contributed by atoms with E-state index in [0.717, 1.165) is 13.1 Å². The van der Waals surface area contributed by atoms with Crippen molar-refractivity contribution in [2.45, 2.75) is 49.8 Å². The largest absolute Gasteiger partial charge is 0.390 e.